The minimum absolute atomic E-state index is 0.235. The molecule has 26 heavy (non-hydrogen) atoms. The smallest absolute Gasteiger partial charge is 0.315 e. The zero-order valence-electron chi connectivity index (χ0n) is 14.9. The van der Waals surface area contributed by atoms with Crippen molar-refractivity contribution >= 4 is 29.2 Å². The van der Waals surface area contributed by atoms with Gasteiger partial charge in [-0.2, -0.15) is 0 Å². The van der Waals surface area contributed by atoms with Gasteiger partial charge in [-0.25, -0.2) is 4.79 Å². The number of nitrogens with one attached hydrogen (secondary N) is 2. The molecular weight excluding hydrogens is 375 g/mol. The Morgan fingerprint density at radius 1 is 1.08 bits per heavy atom. The number of carbonyl (C=O) groups is 1. The first-order valence-electron chi connectivity index (χ1n) is 8.14. The number of methoxy groups -OCH3 is 2. The molecule has 2 aromatic carbocycles. The molecule has 2 N–H and O–H groups in total. The summed E-state index contributed by atoms with van der Waals surface area (Å²) in [5.41, 5.74) is 1.85. The average Bonchev–Trinajstić information content (AvgIpc) is 2.61. The number of hydrogen-bond donors (Lipinski definition) is 2. The van der Waals surface area contributed by atoms with Crippen molar-refractivity contribution in [1.82, 2.24) is 10.6 Å². The van der Waals surface area contributed by atoms with Crippen molar-refractivity contribution in [3.05, 3.63) is 57.6 Å². The Balaban J connectivity index is 1.85. The molecule has 1 atom stereocenters. The predicted molar refractivity (Wildman–Crippen MR) is 105 cm³/mol. The fourth-order valence-corrected chi connectivity index (χ4v) is 3.11. The van der Waals surface area contributed by atoms with Crippen LogP contribution in [0.3, 0.4) is 0 Å². The van der Waals surface area contributed by atoms with E-state index in [0.29, 0.717) is 34.5 Å². The van der Waals surface area contributed by atoms with Crippen LogP contribution in [0.1, 0.15) is 24.1 Å². The van der Waals surface area contributed by atoms with E-state index in [2.05, 4.69) is 10.6 Å². The van der Waals surface area contributed by atoms with Gasteiger partial charge < -0.3 is 20.1 Å². The van der Waals surface area contributed by atoms with Gasteiger partial charge in [-0.3, -0.25) is 0 Å². The molecule has 0 bridgehead atoms. The van der Waals surface area contributed by atoms with E-state index in [4.69, 9.17) is 32.7 Å². The summed E-state index contributed by atoms with van der Waals surface area (Å²) in [5.74, 6) is 1.34. The first-order chi connectivity index (χ1) is 12.4. The summed E-state index contributed by atoms with van der Waals surface area (Å²) in [5, 5.41) is 6.78. The molecular formula is C19H22Cl2N2O3. The van der Waals surface area contributed by atoms with Crippen LogP contribution in [0, 0.1) is 0 Å². The van der Waals surface area contributed by atoms with E-state index in [1.54, 1.807) is 32.4 Å². The maximum absolute atomic E-state index is 12.1. The molecule has 0 saturated carbocycles. The second kappa shape index (κ2) is 9.55. The summed E-state index contributed by atoms with van der Waals surface area (Å²) in [6.07, 6.45) is 0.670. The highest BCUT2D eigenvalue weighted by molar-refractivity contribution is 6.35. The Hall–Kier alpha value is -2.11. The van der Waals surface area contributed by atoms with Crippen LogP contribution in [0.5, 0.6) is 11.5 Å². The Labute approximate surface area is 163 Å². The van der Waals surface area contributed by atoms with Crippen molar-refractivity contribution in [3.8, 4) is 11.5 Å². The molecule has 0 fully saturated rings. The third-order valence-electron chi connectivity index (χ3n) is 3.92. The second-order valence-electron chi connectivity index (χ2n) is 5.73. The number of urea groups is 1. The largest absolute Gasteiger partial charge is 0.493 e. The van der Waals surface area contributed by atoms with Crippen molar-refractivity contribution in [2.45, 2.75) is 19.4 Å². The predicted octanol–water partition coefficient (Wildman–Crippen LogP) is 4.61. The van der Waals surface area contributed by atoms with Crippen LogP contribution in [0.4, 0.5) is 4.79 Å². The van der Waals surface area contributed by atoms with Crippen LogP contribution in [0.2, 0.25) is 10.0 Å². The fraction of sp³-hybridized carbons (Fsp3) is 0.316. The van der Waals surface area contributed by atoms with E-state index < -0.39 is 0 Å². The van der Waals surface area contributed by atoms with Gasteiger partial charge in [0.05, 0.1) is 20.3 Å². The van der Waals surface area contributed by atoms with Crippen molar-refractivity contribution in [2.75, 3.05) is 20.8 Å². The minimum atomic E-state index is -0.260. The molecule has 7 heteroatoms. The Kier molecular flexibility index (Phi) is 7.42. The number of halogens is 2. The lowest BCUT2D eigenvalue weighted by Gasteiger charge is -2.16. The minimum Gasteiger partial charge on any atom is -0.493 e. The zero-order chi connectivity index (χ0) is 19.1. The standard InChI is InChI=1S/C19H22Cl2N2O3/c1-12(15-6-5-14(20)11-16(15)21)23-19(24)22-9-8-13-4-7-17(25-2)18(10-13)26-3/h4-7,10-12H,8-9H2,1-3H3,(H2,22,23,24). The van der Waals surface area contributed by atoms with E-state index in [9.17, 15) is 4.79 Å². The Bertz CT molecular complexity index is 768. The van der Waals surface area contributed by atoms with E-state index in [1.165, 1.54) is 0 Å². The molecule has 0 radical (unpaired) electrons. The van der Waals surface area contributed by atoms with Gasteiger partial charge in [-0.1, -0.05) is 35.3 Å². The summed E-state index contributed by atoms with van der Waals surface area (Å²) in [6, 6.07) is 10.4. The third-order valence-corrected chi connectivity index (χ3v) is 4.49. The molecule has 2 amide bonds. The van der Waals surface area contributed by atoms with Crippen LogP contribution in [-0.4, -0.2) is 26.8 Å². The second-order valence-corrected chi connectivity index (χ2v) is 6.57. The number of rotatable bonds is 7. The molecule has 0 spiro atoms. The number of benzene rings is 2. The number of carbonyl (C=O) groups excluding carboxylic acids is 1. The maximum Gasteiger partial charge on any atom is 0.315 e. The van der Waals surface area contributed by atoms with Crippen molar-refractivity contribution < 1.29 is 14.3 Å². The lowest BCUT2D eigenvalue weighted by Crippen LogP contribution is -2.38. The van der Waals surface area contributed by atoms with Gasteiger partial charge in [0.1, 0.15) is 0 Å². The SMILES string of the molecule is COc1ccc(CCNC(=O)NC(C)c2ccc(Cl)cc2Cl)cc1OC. The first-order valence-corrected chi connectivity index (χ1v) is 8.90. The molecule has 5 nitrogen and oxygen atoms in total. The van der Waals surface area contributed by atoms with Crippen LogP contribution >= 0.6 is 23.2 Å². The average molecular weight is 397 g/mol. The monoisotopic (exact) mass is 396 g/mol. The van der Waals surface area contributed by atoms with Crippen molar-refractivity contribution in [3.63, 3.8) is 0 Å². The fourth-order valence-electron chi connectivity index (χ4n) is 2.53. The van der Waals surface area contributed by atoms with Crippen LogP contribution in [0.15, 0.2) is 36.4 Å². The Morgan fingerprint density at radius 3 is 2.46 bits per heavy atom. The molecule has 2 rings (SSSR count). The number of hydrogen-bond acceptors (Lipinski definition) is 3. The Morgan fingerprint density at radius 2 is 1.81 bits per heavy atom. The van der Waals surface area contributed by atoms with Crippen LogP contribution < -0.4 is 20.1 Å². The van der Waals surface area contributed by atoms with Gasteiger partial charge >= 0.3 is 6.03 Å². The van der Waals surface area contributed by atoms with Gasteiger partial charge in [-0.15, -0.1) is 0 Å². The lowest BCUT2D eigenvalue weighted by molar-refractivity contribution is 0.238. The summed E-state index contributed by atoms with van der Waals surface area (Å²) in [4.78, 5) is 12.1. The number of ether oxygens (including phenoxy) is 2. The van der Waals surface area contributed by atoms with Gasteiger partial charge in [0, 0.05) is 16.6 Å². The molecule has 0 aliphatic carbocycles. The van der Waals surface area contributed by atoms with E-state index >= 15 is 0 Å². The highest BCUT2D eigenvalue weighted by Gasteiger charge is 2.13. The molecule has 1 unspecified atom stereocenters. The topological polar surface area (TPSA) is 59.6 Å². The summed E-state index contributed by atoms with van der Waals surface area (Å²) < 4.78 is 10.5. The van der Waals surface area contributed by atoms with Gasteiger partial charge in [0.15, 0.2) is 11.5 Å². The van der Waals surface area contributed by atoms with Crippen LogP contribution in [-0.2, 0) is 6.42 Å². The van der Waals surface area contributed by atoms with Crippen LogP contribution in [0.25, 0.3) is 0 Å². The van der Waals surface area contributed by atoms with E-state index in [0.717, 1.165) is 11.1 Å². The van der Waals surface area contributed by atoms with E-state index in [-0.39, 0.29) is 12.1 Å². The maximum atomic E-state index is 12.1. The van der Waals surface area contributed by atoms with Crippen molar-refractivity contribution in [1.29, 1.82) is 0 Å². The normalized spacial score (nSPS) is 11.6. The summed E-state index contributed by atoms with van der Waals surface area (Å²) in [6.45, 7) is 2.35. The highest BCUT2D eigenvalue weighted by Crippen LogP contribution is 2.28. The van der Waals surface area contributed by atoms with Gasteiger partial charge in [-0.05, 0) is 48.7 Å². The molecule has 0 aliphatic heterocycles. The zero-order valence-corrected chi connectivity index (χ0v) is 16.4. The van der Waals surface area contributed by atoms with Gasteiger partial charge in [0.2, 0.25) is 0 Å². The van der Waals surface area contributed by atoms with E-state index in [1.807, 2.05) is 25.1 Å². The quantitative estimate of drug-likeness (QED) is 0.717. The molecule has 0 heterocycles. The van der Waals surface area contributed by atoms with Gasteiger partial charge in [0.25, 0.3) is 0 Å². The first kappa shape index (κ1) is 20.2. The molecule has 2 aromatic rings. The highest BCUT2D eigenvalue weighted by atomic mass is 35.5. The molecule has 140 valence electrons. The third kappa shape index (κ3) is 5.44. The summed E-state index contributed by atoms with van der Waals surface area (Å²) in [7, 11) is 3.19. The molecule has 0 saturated heterocycles. The van der Waals surface area contributed by atoms with Crippen molar-refractivity contribution in [2.24, 2.45) is 0 Å². The molecule has 0 aromatic heterocycles. The summed E-state index contributed by atoms with van der Waals surface area (Å²) >= 11 is 12.1. The lowest BCUT2D eigenvalue weighted by atomic mass is 10.1. The molecule has 0 aliphatic rings. The number of amides is 2.